The van der Waals surface area contributed by atoms with Crippen LogP contribution in [-0.4, -0.2) is 25.4 Å². The van der Waals surface area contributed by atoms with Gasteiger partial charge < -0.3 is 10.2 Å². The quantitative estimate of drug-likeness (QED) is 0.565. The topological polar surface area (TPSA) is 82.0 Å². The number of aromatic hydroxyl groups is 2. The van der Waals surface area contributed by atoms with E-state index in [1.54, 1.807) is 12.1 Å². The zero-order valence-corrected chi connectivity index (χ0v) is 6.60. The number of aromatic amines is 1. The number of hydrogen-bond acceptors (Lipinski definition) is 4. The van der Waals surface area contributed by atoms with Crippen molar-refractivity contribution in [1.82, 2.24) is 15.2 Å². The number of phenolic OH excluding ortho intramolecular Hbond substituents is 2. The number of nitrogens with one attached hydrogen (secondary N) is 1. The van der Waals surface area contributed by atoms with Crippen molar-refractivity contribution in [1.29, 1.82) is 0 Å². The maximum Gasteiger partial charge on any atom is 0.168 e. The Morgan fingerprint density at radius 3 is 2.77 bits per heavy atom. The molecule has 0 bridgehead atoms. The molecule has 0 atom stereocenters. The summed E-state index contributed by atoms with van der Waals surface area (Å²) in [4.78, 5) is 3.85. The summed E-state index contributed by atoms with van der Waals surface area (Å²) in [5.41, 5.74) is 0.428. The van der Waals surface area contributed by atoms with Gasteiger partial charge in [-0.25, -0.2) is 4.98 Å². The van der Waals surface area contributed by atoms with Gasteiger partial charge in [0.05, 0.1) is 5.56 Å². The average molecular weight is 177 g/mol. The maximum atomic E-state index is 9.43. The summed E-state index contributed by atoms with van der Waals surface area (Å²) in [6.07, 6.45) is 1.33. The lowest BCUT2D eigenvalue weighted by Gasteiger charge is -2.01. The molecule has 2 aromatic rings. The first-order valence-corrected chi connectivity index (χ1v) is 3.65. The second-order valence-electron chi connectivity index (χ2n) is 2.51. The molecule has 66 valence electrons. The Morgan fingerprint density at radius 1 is 1.23 bits per heavy atom. The van der Waals surface area contributed by atoms with Crippen molar-refractivity contribution in [2.24, 2.45) is 0 Å². The van der Waals surface area contributed by atoms with Gasteiger partial charge in [0.15, 0.2) is 17.3 Å². The van der Waals surface area contributed by atoms with Crippen molar-refractivity contribution in [3.63, 3.8) is 0 Å². The van der Waals surface area contributed by atoms with Crippen molar-refractivity contribution in [3.8, 4) is 22.9 Å². The summed E-state index contributed by atoms with van der Waals surface area (Å²) in [5.74, 6) is 0.0570. The third kappa shape index (κ3) is 1.20. The Labute approximate surface area is 73.7 Å². The highest BCUT2D eigenvalue weighted by molar-refractivity contribution is 5.67. The lowest BCUT2D eigenvalue weighted by atomic mass is 10.2. The molecule has 0 fully saturated rings. The lowest BCUT2D eigenvalue weighted by molar-refractivity contribution is 0.405. The van der Waals surface area contributed by atoms with Gasteiger partial charge in [0.25, 0.3) is 0 Å². The molecule has 0 saturated heterocycles. The van der Waals surface area contributed by atoms with Crippen LogP contribution in [0.1, 0.15) is 0 Å². The number of nitrogens with zero attached hydrogens (tertiary/aromatic N) is 2. The van der Waals surface area contributed by atoms with E-state index in [2.05, 4.69) is 15.2 Å². The fraction of sp³-hybridized carbons (Fsp3) is 0. The Balaban J connectivity index is 2.59. The van der Waals surface area contributed by atoms with Crippen LogP contribution >= 0.6 is 0 Å². The number of hydrogen-bond donors (Lipinski definition) is 3. The Hall–Kier alpha value is -2.04. The second kappa shape index (κ2) is 2.78. The van der Waals surface area contributed by atoms with Gasteiger partial charge in [-0.15, -0.1) is 0 Å². The van der Waals surface area contributed by atoms with Crippen molar-refractivity contribution < 1.29 is 10.2 Å². The van der Waals surface area contributed by atoms with Crippen LogP contribution < -0.4 is 0 Å². The molecule has 5 heteroatoms. The Kier molecular flexibility index (Phi) is 1.63. The van der Waals surface area contributed by atoms with Gasteiger partial charge >= 0.3 is 0 Å². The summed E-state index contributed by atoms with van der Waals surface area (Å²) >= 11 is 0. The Bertz CT molecular complexity index is 411. The number of benzene rings is 1. The van der Waals surface area contributed by atoms with E-state index in [9.17, 15) is 10.2 Å². The van der Waals surface area contributed by atoms with Crippen LogP contribution in [0.3, 0.4) is 0 Å². The standard InChI is InChI=1S/C8H7N3O2/c12-6-3-1-2-5(7(6)13)8-9-4-10-11-8/h1-4,12-13H,(H,9,10,11). The number of phenols is 2. The van der Waals surface area contributed by atoms with Gasteiger partial charge in [-0.1, -0.05) is 6.07 Å². The smallest absolute Gasteiger partial charge is 0.168 e. The molecule has 0 aliphatic rings. The molecule has 3 N–H and O–H groups in total. The normalized spacial score (nSPS) is 10.2. The molecule has 0 radical (unpaired) electrons. The van der Waals surface area contributed by atoms with Gasteiger partial charge in [0.2, 0.25) is 0 Å². The number of rotatable bonds is 1. The number of H-pyrrole nitrogens is 1. The summed E-state index contributed by atoms with van der Waals surface area (Å²) in [5, 5.41) is 24.8. The first-order valence-electron chi connectivity index (χ1n) is 3.65. The molecular formula is C8H7N3O2. The molecule has 0 unspecified atom stereocenters. The average Bonchev–Trinajstić information content (AvgIpc) is 2.62. The molecule has 5 nitrogen and oxygen atoms in total. The highest BCUT2D eigenvalue weighted by Crippen LogP contribution is 2.33. The van der Waals surface area contributed by atoms with Crippen molar-refractivity contribution >= 4 is 0 Å². The minimum absolute atomic E-state index is 0.172. The first kappa shape index (κ1) is 7.60. The van der Waals surface area contributed by atoms with Crippen LogP contribution in [0.5, 0.6) is 11.5 Å². The minimum Gasteiger partial charge on any atom is -0.504 e. The number of para-hydroxylation sites is 1. The van der Waals surface area contributed by atoms with Gasteiger partial charge in [-0.2, -0.15) is 5.10 Å². The van der Waals surface area contributed by atoms with Crippen LogP contribution in [0.2, 0.25) is 0 Å². The molecule has 0 saturated carbocycles. The molecule has 13 heavy (non-hydrogen) atoms. The highest BCUT2D eigenvalue weighted by Gasteiger charge is 2.09. The SMILES string of the molecule is Oc1cccc(-c2ncn[nH]2)c1O. The van der Waals surface area contributed by atoms with E-state index >= 15 is 0 Å². The molecule has 1 aromatic carbocycles. The molecule has 1 heterocycles. The fourth-order valence-electron chi connectivity index (χ4n) is 1.06. The van der Waals surface area contributed by atoms with Crippen LogP contribution in [0.25, 0.3) is 11.4 Å². The summed E-state index contributed by atoms with van der Waals surface area (Å²) in [6.45, 7) is 0. The van der Waals surface area contributed by atoms with Gasteiger partial charge in [0.1, 0.15) is 6.33 Å². The summed E-state index contributed by atoms with van der Waals surface area (Å²) in [7, 11) is 0. The van der Waals surface area contributed by atoms with E-state index in [0.29, 0.717) is 11.4 Å². The van der Waals surface area contributed by atoms with Crippen LogP contribution in [-0.2, 0) is 0 Å². The van der Waals surface area contributed by atoms with Crippen LogP contribution in [0.4, 0.5) is 0 Å². The first-order chi connectivity index (χ1) is 6.29. The zero-order valence-electron chi connectivity index (χ0n) is 6.60. The molecule has 1 aromatic heterocycles. The van der Waals surface area contributed by atoms with Crippen molar-refractivity contribution in [3.05, 3.63) is 24.5 Å². The van der Waals surface area contributed by atoms with Crippen molar-refractivity contribution in [2.75, 3.05) is 0 Å². The third-order valence-corrected chi connectivity index (χ3v) is 1.68. The monoisotopic (exact) mass is 177 g/mol. The molecule has 0 aliphatic carbocycles. The van der Waals surface area contributed by atoms with E-state index in [1.165, 1.54) is 12.4 Å². The minimum atomic E-state index is -0.195. The van der Waals surface area contributed by atoms with Gasteiger partial charge in [0, 0.05) is 0 Å². The van der Waals surface area contributed by atoms with Gasteiger partial charge in [-0.3, -0.25) is 5.10 Å². The Morgan fingerprint density at radius 2 is 2.08 bits per heavy atom. The van der Waals surface area contributed by atoms with E-state index in [0.717, 1.165) is 0 Å². The molecule has 0 spiro atoms. The molecule has 0 aliphatic heterocycles. The molecule has 0 amide bonds. The lowest BCUT2D eigenvalue weighted by Crippen LogP contribution is -1.81. The molecular weight excluding hydrogens is 170 g/mol. The van der Waals surface area contributed by atoms with Crippen LogP contribution in [0, 0.1) is 0 Å². The van der Waals surface area contributed by atoms with Crippen molar-refractivity contribution in [2.45, 2.75) is 0 Å². The highest BCUT2D eigenvalue weighted by atomic mass is 16.3. The van der Waals surface area contributed by atoms with Crippen LogP contribution in [0.15, 0.2) is 24.5 Å². The number of aromatic nitrogens is 3. The predicted octanol–water partition coefficient (Wildman–Crippen LogP) is 0.883. The van der Waals surface area contributed by atoms with E-state index in [-0.39, 0.29) is 11.5 Å². The second-order valence-corrected chi connectivity index (χ2v) is 2.51. The van der Waals surface area contributed by atoms with E-state index in [1.807, 2.05) is 0 Å². The summed E-state index contributed by atoms with van der Waals surface area (Å²) < 4.78 is 0. The zero-order chi connectivity index (χ0) is 9.26. The largest absolute Gasteiger partial charge is 0.504 e. The fourth-order valence-corrected chi connectivity index (χ4v) is 1.06. The predicted molar refractivity (Wildman–Crippen MR) is 45.1 cm³/mol. The van der Waals surface area contributed by atoms with E-state index in [4.69, 9.17) is 0 Å². The summed E-state index contributed by atoms with van der Waals surface area (Å²) in [6, 6.07) is 4.65. The van der Waals surface area contributed by atoms with Gasteiger partial charge in [-0.05, 0) is 12.1 Å². The third-order valence-electron chi connectivity index (χ3n) is 1.68. The van der Waals surface area contributed by atoms with E-state index < -0.39 is 0 Å². The maximum absolute atomic E-state index is 9.43. The molecule has 2 rings (SSSR count).